The van der Waals surface area contributed by atoms with Crippen molar-refractivity contribution in [2.75, 3.05) is 13.7 Å². The third-order valence-electron chi connectivity index (χ3n) is 3.14. The summed E-state index contributed by atoms with van der Waals surface area (Å²) < 4.78 is 5.21. The zero-order valence-electron chi connectivity index (χ0n) is 10.0. The number of hydrogen-bond donors (Lipinski definition) is 1. The molecule has 0 radical (unpaired) electrons. The Balaban J connectivity index is 1.97. The summed E-state index contributed by atoms with van der Waals surface area (Å²) in [5, 5.41) is 12.3. The smallest absolute Gasteiger partial charge is 0.0683 e. The second-order valence-corrected chi connectivity index (χ2v) is 5.08. The molecule has 3 nitrogen and oxygen atoms in total. The van der Waals surface area contributed by atoms with Gasteiger partial charge in [0.05, 0.1) is 17.6 Å². The molecule has 0 amide bonds. The average molecular weight is 210 g/mol. The molecule has 0 aromatic rings. The molecule has 1 rings (SSSR count). The van der Waals surface area contributed by atoms with Gasteiger partial charge in [-0.1, -0.05) is 0 Å². The van der Waals surface area contributed by atoms with Gasteiger partial charge in [0.2, 0.25) is 0 Å². The molecule has 0 bridgehead atoms. The van der Waals surface area contributed by atoms with Crippen LogP contribution in [0.2, 0.25) is 0 Å². The number of hydrogen-bond acceptors (Lipinski definition) is 3. The molecule has 0 unspecified atom stereocenters. The lowest BCUT2D eigenvalue weighted by atomic mass is 9.88. The van der Waals surface area contributed by atoms with Gasteiger partial charge in [-0.15, -0.1) is 0 Å². The van der Waals surface area contributed by atoms with E-state index in [4.69, 9.17) is 10.00 Å². The van der Waals surface area contributed by atoms with Crippen LogP contribution in [0, 0.1) is 16.7 Å². The van der Waals surface area contributed by atoms with E-state index in [0.29, 0.717) is 12.1 Å². The fraction of sp³-hybridized carbons (Fsp3) is 0.917. The van der Waals surface area contributed by atoms with E-state index in [2.05, 4.69) is 11.4 Å². The maximum atomic E-state index is 8.84. The molecule has 15 heavy (non-hydrogen) atoms. The molecular formula is C12H22N2O. The molecule has 0 aromatic heterocycles. The van der Waals surface area contributed by atoms with Crippen LogP contribution in [0.4, 0.5) is 0 Å². The van der Waals surface area contributed by atoms with Crippen LogP contribution >= 0.6 is 0 Å². The van der Waals surface area contributed by atoms with Gasteiger partial charge in [-0.2, -0.15) is 5.26 Å². The van der Waals surface area contributed by atoms with Crippen molar-refractivity contribution in [2.24, 2.45) is 5.41 Å². The lowest BCUT2D eigenvalue weighted by molar-refractivity contribution is 0.0174. The van der Waals surface area contributed by atoms with Gasteiger partial charge in [-0.25, -0.2) is 0 Å². The van der Waals surface area contributed by atoms with Gasteiger partial charge in [-0.3, -0.25) is 0 Å². The number of methoxy groups -OCH3 is 1. The molecule has 1 aliphatic rings. The van der Waals surface area contributed by atoms with Gasteiger partial charge in [0.15, 0.2) is 0 Å². The highest BCUT2D eigenvalue weighted by molar-refractivity contribution is 4.91. The van der Waals surface area contributed by atoms with E-state index in [0.717, 1.165) is 32.2 Å². The van der Waals surface area contributed by atoms with Crippen LogP contribution < -0.4 is 5.32 Å². The molecule has 0 spiro atoms. The Morgan fingerprint density at radius 1 is 1.47 bits per heavy atom. The van der Waals surface area contributed by atoms with Crippen LogP contribution in [0.25, 0.3) is 0 Å². The highest BCUT2D eigenvalue weighted by Gasteiger charge is 2.28. The molecule has 1 saturated carbocycles. The largest absolute Gasteiger partial charge is 0.381 e. The molecule has 1 aliphatic carbocycles. The van der Waals surface area contributed by atoms with Crippen LogP contribution in [-0.2, 0) is 4.74 Å². The minimum atomic E-state index is -0.170. The fourth-order valence-corrected chi connectivity index (χ4v) is 1.82. The summed E-state index contributed by atoms with van der Waals surface area (Å²) in [4.78, 5) is 0. The molecule has 86 valence electrons. The van der Waals surface area contributed by atoms with Gasteiger partial charge in [0, 0.05) is 13.2 Å². The third-order valence-corrected chi connectivity index (χ3v) is 3.14. The highest BCUT2D eigenvalue weighted by Crippen LogP contribution is 2.23. The molecule has 0 saturated heterocycles. The van der Waals surface area contributed by atoms with Crippen molar-refractivity contribution in [3.05, 3.63) is 0 Å². The monoisotopic (exact) mass is 210 g/mol. The Bertz CT molecular complexity index is 226. The van der Waals surface area contributed by atoms with E-state index < -0.39 is 0 Å². The summed E-state index contributed by atoms with van der Waals surface area (Å²) in [5.74, 6) is 0. The highest BCUT2D eigenvalue weighted by atomic mass is 16.5. The third kappa shape index (κ3) is 4.19. The van der Waals surface area contributed by atoms with E-state index in [-0.39, 0.29) is 5.41 Å². The van der Waals surface area contributed by atoms with E-state index in [9.17, 15) is 0 Å². The maximum Gasteiger partial charge on any atom is 0.0683 e. The second-order valence-electron chi connectivity index (χ2n) is 5.08. The molecule has 1 N–H and O–H groups in total. The Kier molecular flexibility index (Phi) is 4.56. The lowest BCUT2D eigenvalue weighted by Gasteiger charge is -2.35. The summed E-state index contributed by atoms with van der Waals surface area (Å²) in [7, 11) is 1.77. The van der Waals surface area contributed by atoms with Crippen LogP contribution in [0.15, 0.2) is 0 Å². The second kappa shape index (κ2) is 5.48. The number of nitrogens with one attached hydrogen (secondary N) is 1. The van der Waals surface area contributed by atoms with Crippen molar-refractivity contribution >= 4 is 0 Å². The Labute approximate surface area is 92.8 Å². The van der Waals surface area contributed by atoms with E-state index in [1.807, 2.05) is 13.8 Å². The van der Waals surface area contributed by atoms with Crippen LogP contribution in [0.5, 0.6) is 0 Å². The number of rotatable bonds is 6. The molecule has 0 atom stereocenters. The van der Waals surface area contributed by atoms with Gasteiger partial charge in [-0.05, 0) is 46.1 Å². The molecule has 0 heterocycles. The first-order valence-corrected chi connectivity index (χ1v) is 5.75. The van der Waals surface area contributed by atoms with Crippen molar-refractivity contribution in [2.45, 2.75) is 51.7 Å². The molecular weight excluding hydrogens is 188 g/mol. The predicted octanol–water partition coefficient (Wildman–Crippen LogP) is 2.08. The normalized spacial score (nSPS) is 25.7. The van der Waals surface area contributed by atoms with Crippen molar-refractivity contribution in [3.63, 3.8) is 0 Å². The first-order valence-electron chi connectivity index (χ1n) is 5.75. The zero-order valence-corrected chi connectivity index (χ0v) is 10.0. The number of nitrogens with zero attached hydrogens (tertiary/aromatic N) is 1. The first-order chi connectivity index (χ1) is 7.07. The standard InChI is InChI=1S/C12H22N2O/c1-12(2,9-13)5-4-6-14-10-7-11(8-10)15-3/h10-11,14H,4-8H2,1-3H3. The van der Waals surface area contributed by atoms with Crippen LogP contribution in [0.1, 0.15) is 39.5 Å². The van der Waals surface area contributed by atoms with Crippen molar-refractivity contribution < 1.29 is 4.74 Å². The van der Waals surface area contributed by atoms with E-state index in [1.54, 1.807) is 7.11 Å². The van der Waals surface area contributed by atoms with E-state index >= 15 is 0 Å². The number of nitriles is 1. The molecule has 1 fully saturated rings. The van der Waals surface area contributed by atoms with Crippen molar-refractivity contribution in [1.82, 2.24) is 5.32 Å². The quantitative estimate of drug-likeness (QED) is 0.683. The van der Waals surface area contributed by atoms with Crippen molar-refractivity contribution in [1.29, 1.82) is 5.26 Å². The van der Waals surface area contributed by atoms with Gasteiger partial charge in [0.25, 0.3) is 0 Å². The SMILES string of the molecule is COC1CC(NCCCC(C)(C)C#N)C1. The van der Waals surface area contributed by atoms with Crippen LogP contribution in [0.3, 0.4) is 0 Å². The molecule has 0 aliphatic heterocycles. The summed E-state index contributed by atoms with van der Waals surface area (Å²) in [6, 6.07) is 2.96. The minimum Gasteiger partial charge on any atom is -0.381 e. The van der Waals surface area contributed by atoms with Crippen LogP contribution in [-0.4, -0.2) is 25.8 Å². The van der Waals surface area contributed by atoms with Gasteiger partial charge >= 0.3 is 0 Å². The summed E-state index contributed by atoms with van der Waals surface area (Å²) >= 11 is 0. The summed E-state index contributed by atoms with van der Waals surface area (Å²) in [6.07, 6.45) is 4.79. The summed E-state index contributed by atoms with van der Waals surface area (Å²) in [5.41, 5.74) is -0.170. The minimum absolute atomic E-state index is 0.170. The maximum absolute atomic E-state index is 8.84. The number of ether oxygens (including phenoxy) is 1. The topological polar surface area (TPSA) is 45.0 Å². The molecule has 0 aromatic carbocycles. The first kappa shape index (κ1) is 12.5. The summed E-state index contributed by atoms with van der Waals surface area (Å²) in [6.45, 7) is 5.01. The predicted molar refractivity (Wildman–Crippen MR) is 60.4 cm³/mol. The van der Waals surface area contributed by atoms with E-state index in [1.165, 1.54) is 0 Å². The Morgan fingerprint density at radius 2 is 2.13 bits per heavy atom. The van der Waals surface area contributed by atoms with Gasteiger partial charge < -0.3 is 10.1 Å². The zero-order chi connectivity index (χ0) is 11.3. The average Bonchev–Trinajstić information content (AvgIpc) is 2.15. The van der Waals surface area contributed by atoms with Gasteiger partial charge in [0.1, 0.15) is 0 Å². The van der Waals surface area contributed by atoms with Crippen molar-refractivity contribution in [3.8, 4) is 6.07 Å². The lowest BCUT2D eigenvalue weighted by Crippen LogP contribution is -2.45. The Hall–Kier alpha value is -0.590. The molecule has 3 heteroatoms. The fourth-order valence-electron chi connectivity index (χ4n) is 1.82. The Morgan fingerprint density at radius 3 is 2.67 bits per heavy atom.